The van der Waals surface area contributed by atoms with Crippen LogP contribution in [0.2, 0.25) is 0 Å². The fourth-order valence-electron chi connectivity index (χ4n) is 2.58. The molecule has 0 amide bonds. The van der Waals surface area contributed by atoms with Crippen molar-refractivity contribution in [2.45, 2.75) is 34.2 Å². The van der Waals surface area contributed by atoms with Gasteiger partial charge in [-0.1, -0.05) is 13.8 Å². The van der Waals surface area contributed by atoms with Gasteiger partial charge in [0.2, 0.25) is 5.52 Å². The molecule has 0 atom stereocenters. The molecule has 0 saturated carbocycles. The second-order valence-corrected chi connectivity index (χ2v) is 8.57. The van der Waals surface area contributed by atoms with Crippen molar-refractivity contribution in [1.29, 1.82) is 0 Å². The summed E-state index contributed by atoms with van der Waals surface area (Å²) in [5, 5.41) is 2.26. The van der Waals surface area contributed by atoms with E-state index in [1.165, 1.54) is 16.5 Å². The first kappa shape index (κ1) is 17.6. The van der Waals surface area contributed by atoms with E-state index in [2.05, 4.69) is 48.9 Å². The Bertz CT molecular complexity index is 646. The van der Waals surface area contributed by atoms with Crippen LogP contribution in [0.1, 0.15) is 26.3 Å². The molecule has 0 aliphatic carbocycles. The summed E-state index contributed by atoms with van der Waals surface area (Å²) in [5.41, 5.74) is 2.48. The van der Waals surface area contributed by atoms with Crippen molar-refractivity contribution in [1.82, 2.24) is 0 Å². The lowest BCUT2D eigenvalue weighted by atomic mass is 10.1. The maximum absolute atomic E-state index is 12.9. The van der Waals surface area contributed by atoms with Gasteiger partial charge < -0.3 is 28.5 Å². The van der Waals surface area contributed by atoms with Crippen molar-refractivity contribution in [2.75, 3.05) is 12.3 Å². The molecule has 110 valence electrons. The van der Waals surface area contributed by atoms with E-state index >= 15 is 0 Å². The molecule has 0 aliphatic heterocycles. The van der Waals surface area contributed by atoms with E-state index in [0.29, 0.717) is 0 Å². The number of fused-ring (bicyclic) bond motifs is 1. The number of hydrogen-bond donors (Lipinski definition) is 0. The number of hydrogen-bond acceptors (Lipinski definition) is 1. The molecule has 1 heterocycles. The Hall–Kier alpha value is -0.410. The lowest BCUT2D eigenvalue weighted by molar-refractivity contribution is -0.667. The van der Waals surface area contributed by atoms with Gasteiger partial charge in [-0.15, -0.1) is 0 Å². The molecule has 0 aliphatic rings. The zero-order valence-electron chi connectivity index (χ0n) is 12.7. The number of rotatable bonds is 4. The van der Waals surface area contributed by atoms with Crippen LogP contribution in [-0.2, 0) is 11.1 Å². The van der Waals surface area contributed by atoms with Crippen molar-refractivity contribution in [3.8, 4) is 0 Å². The number of halogens is 1. The lowest BCUT2D eigenvalue weighted by Crippen LogP contribution is -3.00. The fraction of sp³-hybridized carbons (Fsp3) is 0.438. The van der Waals surface area contributed by atoms with Crippen LogP contribution in [0.3, 0.4) is 0 Å². The van der Waals surface area contributed by atoms with Crippen molar-refractivity contribution in [3.05, 3.63) is 36.0 Å². The van der Waals surface area contributed by atoms with Crippen molar-refractivity contribution in [2.24, 2.45) is 0 Å². The monoisotopic (exact) mass is 403 g/mol. The van der Waals surface area contributed by atoms with Crippen LogP contribution < -0.4 is 33.8 Å². The minimum atomic E-state index is -2.19. The Morgan fingerprint density at radius 2 is 1.75 bits per heavy atom. The minimum absolute atomic E-state index is 0. The molecule has 2 aromatic rings. The number of pyridine rings is 1. The highest BCUT2D eigenvalue weighted by Crippen LogP contribution is 2.43. The van der Waals surface area contributed by atoms with E-state index < -0.39 is 7.14 Å². The number of aromatic nitrogens is 1. The summed E-state index contributed by atoms with van der Waals surface area (Å²) in [6.45, 7) is 9.27. The number of nitrogens with zero attached hydrogens (tertiary/aromatic N) is 1. The number of benzene rings is 1. The normalized spacial score (nSPS) is 11.4. The molecule has 1 aromatic heterocycles. The van der Waals surface area contributed by atoms with Crippen LogP contribution in [0.15, 0.2) is 30.5 Å². The van der Waals surface area contributed by atoms with Gasteiger partial charge in [-0.3, -0.25) is 0 Å². The zero-order chi connectivity index (χ0) is 14.0. The van der Waals surface area contributed by atoms with E-state index in [1.54, 1.807) is 0 Å². The topological polar surface area (TPSA) is 20.9 Å². The summed E-state index contributed by atoms with van der Waals surface area (Å²) in [7, 11) is -2.19. The molecule has 0 fully saturated rings. The maximum Gasteiger partial charge on any atom is 0.212 e. The summed E-state index contributed by atoms with van der Waals surface area (Å²) in [5.74, 6) is 0. The van der Waals surface area contributed by atoms with Crippen LogP contribution in [0.25, 0.3) is 10.9 Å². The highest BCUT2D eigenvalue weighted by Gasteiger charge is 2.21. The average molecular weight is 403 g/mol. The van der Waals surface area contributed by atoms with Gasteiger partial charge in [-0.05, 0) is 31.5 Å². The highest BCUT2D eigenvalue weighted by molar-refractivity contribution is 7.71. The first-order valence-corrected chi connectivity index (χ1v) is 9.15. The van der Waals surface area contributed by atoms with Gasteiger partial charge in [-0.2, -0.15) is 4.57 Å². The summed E-state index contributed by atoms with van der Waals surface area (Å²) >= 11 is 0. The Labute approximate surface area is 139 Å². The molecule has 0 bridgehead atoms. The molecule has 0 N–H and O–H groups in total. The van der Waals surface area contributed by atoms with Gasteiger partial charge in [0.1, 0.15) is 13.7 Å². The predicted molar refractivity (Wildman–Crippen MR) is 82.9 cm³/mol. The van der Waals surface area contributed by atoms with Crippen molar-refractivity contribution in [3.63, 3.8) is 0 Å². The van der Waals surface area contributed by atoms with Crippen LogP contribution in [-0.4, -0.2) is 12.3 Å². The van der Waals surface area contributed by atoms with Gasteiger partial charge in [0, 0.05) is 35.1 Å². The number of aryl methyl sites for hydroxylation is 2. The van der Waals surface area contributed by atoms with E-state index in [0.717, 1.165) is 24.2 Å². The third-order valence-corrected chi connectivity index (χ3v) is 7.31. The quantitative estimate of drug-likeness (QED) is 0.414. The van der Waals surface area contributed by atoms with Gasteiger partial charge in [0.15, 0.2) is 6.20 Å². The predicted octanol–water partition coefficient (Wildman–Crippen LogP) is 0.488. The second-order valence-electron chi connectivity index (χ2n) is 5.01. The zero-order valence-corrected chi connectivity index (χ0v) is 15.7. The molecule has 4 heteroatoms. The third kappa shape index (κ3) is 3.09. The molecule has 0 unspecified atom stereocenters. The van der Waals surface area contributed by atoms with Gasteiger partial charge in [0.25, 0.3) is 0 Å². The standard InChI is InChI=1S/C16H23NOP.HI/c1-5-17-11-10-13(4)15-12-14(8-9-16(15)17)19(18,6-2)7-3;/h8-12H,5-7H2,1-4H3;1H/q+1;/p-1. The van der Waals surface area contributed by atoms with Gasteiger partial charge in [-0.25, -0.2) is 0 Å². The van der Waals surface area contributed by atoms with Gasteiger partial charge in [0.05, 0.1) is 0 Å². The summed E-state index contributed by atoms with van der Waals surface area (Å²) in [6.07, 6.45) is 3.61. The van der Waals surface area contributed by atoms with Crippen LogP contribution in [0.5, 0.6) is 0 Å². The molecule has 2 rings (SSSR count). The summed E-state index contributed by atoms with van der Waals surface area (Å²) in [6, 6.07) is 8.46. The molecule has 0 spiro atoms. The van der Waals surface area contributed by atoms with E-state index in [9.17, 15) is 4.57 Å². The molecule has 20 heavy (non-hydrogen) atoms. The third-order valence-electron chi connectivity index (χ3n) is 4.05. The summed E-state index contributed by atoms with van der Waals surface area (Å²) < 4.78 is 15.1. The van der Waals surface area contributed by atoms with Crippen molar-refractivity contribution < 1.29 is 33.1 Å². The lowest BCUT2D eigenvalue weighted by Gasteiger charge is -2.15. The van der Waals surface area contributed by atoms with Crippen LogP contribution in [0, 0.1) is 6.92 Å². The molecule has 0 radical (unpaired) electrons. The Balaban J connectivity index is 0.00000200. The largest absolute Gasteiger partial charge is 1.00 e. The van der Waals surface area contributed by atoms with E-state index in [-0.39, 0.29) is 24.0 Å². The van der Waals surface area contributed by atoms with E-state index in [1.807, 2.05) is 13.8 Å². The smallest absolute Gasteiger partial charge is 0.212 e. The Morgan fingerprint density at radius 3 is 2.30 bits per heavy atom. The Morgan fingerprint density at radius 1 is 1.10 bits per heavy atom. The minimum Gasteiger partial charge on any atom is -1.00 e. The Kier molecular flexibility index (Phi) is 6.21. The van der Waals surface area contributed by atoms with E-state index in [4.69, 9.17) is 0 Å². The fourth-order valence-corrected chi connectivity index (χ4v) is 4.47. The maximum atomic E-state index is 12.9. The summed E-state index contributed by atoms with van der Waals surface area (Å²) in [4.78, 5) is 0. The SMILES string of the molecule is CC[n+]1ccc(C)c2cc(P(=O)(CC)CC)ccc21.[I-]. The highest BCUT2D eigenvalue weighted by atomic mass is 127. The van der Waals surface area contributed by atoms with Crippen molar-refractivity contribution >= 4 is 23.3 Å². The first-order chi connectivity index (χ1) is 9.05. The average Bonchev–Trinajstić information content (AvgIpc) is 2.46. The molecule has 1 aromatic carbocycles. The van der Waals surface area contributed by atoms with Gasteiger partial charge >= 0.3 is 0 Å². The second kappa shape index (κ2) is 7.04. The molecule has 2 nitrogen and oxygen atoms in total. The molecular formula is C16H23INOP. The van der Waals surface area contributed by atoms with Crippen LogP contribution >= 0.6 is 7.14 Å². The molecular weight excluding hydrogens is 380 g/mol. The first-order valence-electron chi connectivity index (χ1n) is 7.07. The van der Waals surface area contributed by atoms with Crippen LogP contribution in [0.4, 0.5) is 0 Å². The molecule has 0 saturated heterocycles.